The maximum atomic E-state index is 9.10. The van der Waals surface area contributed by atoms with E-state index in [1.165, 1.54) is 6.42 Å². The highest BCUT2D eigenvalue weighted by Crippen LogP contribution is 2.28. The first-order valence-electron chi connectivity index (χ1n) is 5.96. The third kappa shape index (κ3) is 2.22. The highest BCUT2D eigenvalue weighted by atomic mass is 15.3. The van der Waals surface area contributed by atoms with Crippen LogP contribution in [0.2, 0.25) is 0 Å². The van der Waals surface area contributed by atoms with Gasteiger partial charge in [0, 0.05) is 19.1 Å². The Morgan fingerprint density at radius 1 is 1.65 bits per heavy atom. The Kier molecular flexibility index (Phi) is 3.55. The molecule has 0 aliphatic carbocycles. The summed E-state index contributed by atoms with van der Waals surface area (Å²) in [6.07, 6.45) is 3.84. The number of rotatable bonds is 2. The lowest BCUT2D eigenvalue weighted by Gasteiger charge is -2.40. The van der Waals surface area contributed by atoms with E-state index < -0.39 is 0 Å². The molecule has 2 atom stereocenters. The Hall–Kier alpha value is -1.67. The molecule has 17 heavy (non-hydrogen) atoms. The standard InChI is InChI=1S/C12H17N5/c1-9-3-2-6-17(11(9)8-14)12-10(7-13)4-5-15-16-12/h4-5,9,11H,2-3,6,8,14H2,1H3. The van der Waals surface area contributed by atoms with Crippen molar-refractivity contribution in [3.63, 3.8) is 0 Å². The van der Waals surface area contributed by atoms with Crippen LogP contribution in [0.4, 0.5) is 5.82 Å². The zero-order valence-corrected chi connectivity index (χ0v) is 10.0. The minimum Gasteiger partial charge on any atom is -0.350 e. The fourth-order valence-electron chi connectivity index (χ4n) is 2.50. The molecule has 0 radical (unpaired) electrons. The minimum absolute atomic E-state index is 0.257. The number of nitrogens with zero attached hydrogens (tertiary/aromatic N) is 4. The first-order chi connectivity index (χ1) is 8.27. The van der Waals surface area contributed by atoms with Crippen molar-refractivity contribution in [1.82, 2.24) is 10.2 Å². The zero-order chi connectivity index (χ0) is 12.3. The Balaban J connectivity index is 2.34. The van der Waals surface area contributed by atoms with Crippen molar-refractivity contribution in [3.8, 4) is 6.07 Å². The molecular formula is C12H17N5. The lowest BCUT2D eigenvalue weighted by molar-refractivity contribution is 0.347. The van der Waals surface area contributed by atoms with Gasteiger partial charge in [0.15, 0.2) is 5.82 Å². The van der Waals surface area contributed by atoms with Crippen molar-refractivity contribution >= 4 is 5.82 Å². The summed E-state index contributed by atoms with van der Waals surface area (Å²) in [7, 11) is 0. The Morgan fingerprint density at radius 3 is 3.18 bits per heavy atom. The van der Waals surface area contributed by atoms with Gasteiger partial charge in [0.05, 0.1) is 11.8 Å². The second-order valence-corrected chi connectivity index (χ2v) is 4.50. The van der Waals surface area contributed by atoms with Crippen molar-refractivity contribution in [1.29, 1.82) is 5.26 Å². The lowest BCUT2D eigenvalue weighted by atomic mass is 9.90. The highest BCUT2D eigenvalue weighted by molar-refractivity contribution is 5.53. The Bertz CT molecular complexity index is 425. The average Bonchev–Trinajstić information content (AvgIpc) is 2.38. The topological polar surface area (TPSA) is 78.8 Å². The fraction of sp³-hybridized carbons (Fsp3) is 0.583. The van der Waals surface area contributed by atoms with Gasteiger partial charge < -0.3 is 10.6 Å². The van der Waals surface area contributed by atoms with Crippen LogP contribution in [0.1, 0.15) is 25.3 Å². The number of aromatic nitrogens is 2. The number of hydrogen-bond acceptors (Lipinski definition) is 5. The third-order valence-electron chi connectivity index (χ3n) is 3.45. The Labute approximate surface area is 101 Å². The van der Waals surface area contributed by atoms with E-state index in [1.807, 2.05) is 0 Å². The fourth-order valence-corrected chi connectivity index (χ4v) is 2.50. The van der Waals surface area contributed by atoms with Crippen LogP contribution in [0.25, 0.3) is 0 Å². The van der Waals surface area contributed by atoms with Gasteiger partial charge in [0.1, 0.15) is 6.07 Å². The summed E-state index contributed by atoms with van der Waals surface area (Å²) in [6, 6.07) is 4.13. The molecule has 0 aromatic carbocycles. The van der Waals surface area contributed by atoms with Gasteiger partial charge in [0.25, 0.3) is 0 Å². The summed E-state index contributed by atoms with van der Waals surface area (Å²) in [4.78, 5) is 2.14. The molecule has 2 heterocycles. The third-order valence-corrected chi connectivity index (χ3v) is 3.45. The van der Waals surface area contributed by atoms with Gasteiger partial charge in [-0.15, -0.1) is 5.10 Å². The number of piperidine rings is 1. The van der Waals surface area contributed by atoms with Crippen LogP contribution in [-0.2, 0) is 0 Å². The first kappa shape index (κ1) is 11.8. The van der Waals surface area contributed by atoms with Crippen LogP contribution in [0, 0.1) is 17.2 Å². The predicted octanol–water partition coefficient (Wildman–Crippen LogP) is 0.912. The summed E-state index contributed by atoms with van der Waals surface area (Å²) >= 11 is 0. The molecule has 2 rings (SSSR count). The normalized spacial score (nSPS) is 24.4. The summed E-state index contributed by atoms with van der Waals surface area (Å²) in [5.74, 6) is 1.21. The number of anilines is 1. The zero-order valence-electron chi connectivity index (χ0n) is 10.0. The molecular weight excluding hydrogens is 214 g/mol. The van der Waals surface area contributed by atoms with Gasteiger partial charge >= 0.3 is 0 Å². The van der Waals surface area contributed by atoms with Crippen molar-refractivity contribution in [2.45, 2.75) is 25.8 Å². The second kappa shape index (κ2) is 5.11. The van der Waals surface area contributed by atoms with Crippen molar-refractivity contribution in [3.05, 3.63) is 17.8 Å². The number of nitriles is 1. The molecule has 1 saturated heterocycles. The summed E-state index contributed by atoms with van der Waals surface area (Å²) in [5, 5.41) is 17.1. The smallest absolute Gasteiger partial charge is 0.169 e. The van der Waals surface area contributed by atoms with E-state index >= 15 is 0 Å². The molecule has 2 unspecified atom stereocenters. The monoisotopic (exact) mass is 231 g/mol. The highest BCUT2D eigenvalue weighted by Gasteiger charge is 2.29. The Morgan fingerprint density at radius 2 is 2.47 bits per heavy atom. The van der Waals surface area contributed by atoms with Crippen LogP contribution in [0.5, 0.6) is 0 Å². The maximum absolute atomic E-state index is 9.10. The molecule has 1 aromatic heterocycles. The van der Waals surface area contributed by atoms with E-state index in [0.29, 0.717) is 23.8 Å². The molecule has 5 nitrogen and oxygen atoms in total. The lowest BCUT2D eigenvalue weighted by Crippen LogP contribution is -2.49. The summed E-state index contributed by atoms with van der Waals surface area (Å²) in [6.45, 7) is 3.69. The van der Waals surface area contributed by atoms with Crippen LogP contribution in [0.15, 0.2) is 12.3 Å². The number of hydrogen-bond donors (Lipinski definition) is 1. The maximum Gasteiger partial charge on any atom is 0.169 e. The largest absolute Gasteiger partial charge is 0.350 e. The summed E-state index contributed by atoms with van der Waals surface area (Å²) in [5.41, 5.74) is 6.42. The van der Waals surface area contributed by atoms with E-state index in [4.69, 9.17) is 11.0 Å². The van der Waals surface area contributed by atoms with E-state index in [1.54, 1.807) is 12.3 Å². The van der Waals surface area contributed by atoms with Gasteiger partial charge in [-0.2, -0.15) is 10.4 Å². The number of nitrogens with two attached hydrogens (primary N) is 1. The molecule has 1 aliphatic heterocycles. The minimum atomic E-state index is 0.257. The van der Waals surface area contributed by atoms with Crippen molar-refractivity contribution in [2.75, 3.05) is 18.0 Å². The van der Waals surface area contributed by atoms with Gasteiger partial charge in [-0.3, -0.25) is 0 Å². The first-order valence-corrected chi connectivity index (χ1v) is 5.96. The molecule has 1 aromatic rings. The molecule has 0 saturated carbocycles. The van der Waals surface area contributed by atoms with E-state index in [9.17, 15) is 0 Å². The van der Waals surface area contributed by atoms with Crippen molar-refractivity contribution in [2.24, 2.45) is 11.7 Å². The average molecular weight is 231 g/mol. The molecule has 1 aliphatic rings. The molecule has 5 heteroatoms. The van der Waals surface area contributed by atoms with Gasteiger partial charge in [0.2, 0.25) is 0 Å². The van der Waals surface area contributed by atoms with Crippen LogP contribution in [-0.4, -0.2) is 29.3 Å². The molecule has 0 bridgehead atoms. The predicted molar refractivity (Wildman–Crippen MR) is 65.3 cm³/mol. The van der Waals surface area contributed by atoms with Gasteiger partial charge in [-0.05, 0) is 24.8 Å². The van der Waals surface area contributed by atoms with Crippen molar-refractivity contribution < 1.29 is 0 Å². The summed E-state index contributed by atoms with van der Waals surface area (Å²) < 4.78 is 0. The van der Waals surface area contributed by atoms with Gasteiger partial charge in [-0.25, -0.2) is 0 Å². The molecule has 0 spiro atoms. The van der Waals surface area contributed by atoms with Crippen LogP contribution in [0.3, 0.4) is 0 Å². The quantitative estimate of drug-likeness (QED) is 0.818. The molecule has 0 amide bonds. The van der Waals surface area contributed by atoms with Crippen LogP contribution < -0.4 is 10.6 Å². The second-order valence-electron chi connectivity index (χ2n) is 4.50. The molecule has 1 fully saturated rings. The van der Waals surface area contributed by atoms with E-state index in [-0.39, 0.29) is 6.04 Å². The van der Waals surface area contributed by atoms with E-state index in [2.05, 4.69) is 28.1 Å². The molecule has 90 valence electrons. The van der Waals surface area contributed by atoms with Crippen LogP contribution >= 0.6 is 0 Å². The van der Waals surface area contributed by atoms with Gasteiger partial charge in [-0.1, -0.05) is 6.92 Å². The SMILES string of the molecule is CC1CCCN(c2nnccc2C#N)C1CN. The van der Waals surface area contributed by atoms with E-state index in [0.717, 1.165) is 13.0 Å². The molecule has 2 N–H and O–H groups in total.